The second-order valence-electron chi connectivity index (χ2n) is 8.22. The SMILES string of the molecule is CN(C)C(=O)c1ccc[n+](COC(=O)Nc2cccc3c2CN(C2CCC(=O)NC2=O)C3=O)c1. The molecule has 1 atom stereocenters. The Balaban J connectivity index is 1.42. The summed E-state index contributed by atoms with van der Waals surface area (Å²) in [5, 5.41) is 4.91. The van der Waals surface area contributed by atoms with Crippen LogP contribution in [0.1, 0.15) is 39.1 Å². The fraction of sp³-hybridized carbons (Fsp3) is 0.304. The van der Waals surface area contributed by atoms with Gasteiger partial charge in [0, 0.05) is 49.9 Å². The van der Waals surface area contributed by atoms with Crippen molar-refractivity contribution < 1.29 is 33.3 Å². The monoisotopic (exact) mass is 466 g/mol. The molecule has 0 radical (unpaired) electrons. The lowest BCUT2D eigenvalue weighted by atomic mass is 10.0. The number of nitrogens with one attached hydrogen (secondary N) is 2. The first-order chi connectivity index (χ1) is 16.2. The van der Waals surface area contributed by atoms with E-state index in [4.69, 9.17) is 4.74 Å². The second kappa shape index (κ2) is 9.30. The lowest BCUT2D eigenvalue weighted by molar-refractivity contribution is -0.727. The van der Waals surface area contributed by atoms with Crippen molar-refractivity contribution in [1.82, 2.24) is 15.1 Å². The highest BCUT2D eigenvalue weighted by Crippen LogP contribution is 2.32. The second-order valence-corrected chi connectivity index (χ2v) is 8.22. The van der Waals surface area contributed by atoms with E-state index in [9.17, 15) is 24.0 Å². The molecule has 4 rings (SSSR count). The summed E-state index contributed by atoms with van der Waals surface area (Å²) in [6.07, 6.45) is 2.91. The van der Waals surface area contributed by atoms with E-state index in [0.717, 1.165) is 0 Å². The number of nitrogens with zero attached hydrogens (tertiary/aromatic N) is 3. The predicted octanol–water partition coefficient (Wildman–Crippen LogP) is 0.643. The van der Waals surface area contributed by atoms with Crippen molar-refractivity contribution in [1.29, 1.82) is 0 Å². The molecule has 2 N–H and O–H groups in total. The first kappa shape index (κ1) is 22.9. The van der Waals surface area contributed by atoms with Crippen LogP contribution in [0.25, 0.3) is 0 Å². The molecule has 1 saturated heterocycles. The number of ether oxygens (including phenoxy) is 1. The molecule has 1 fully saturated rings. The van der Waals surface area contributed by atoms with E-state index in [1.165, 1.54) is 9.80 Å². The van der Waals surface area contributed by atoms with Gasteiger partial charge in [-0.1, -0.05) is 6.07 Å². The van der Waals surface area contributed by atoms with Crippen LogP contribution in [-0.2, 0) is 27.6 Å². The van der Waals surface area contributed by atoms with E-state index >= 15 is 0 Å². The van der Waals surface area contributed by atoms with Gasteiger partial charge in [0.05, 0.1) is 0 Å². The Morgan fingerprint density at radius 1 is 1.21 bits per heavy atom. The van der Waals surface area contributed by atoms with Gasteiger partial charge in [0.15, 0.2) is 12.4 Å². The first-order valence-corrected chi connectivity index (χ1v) is 10.7. The molecule has 176 valence electrons. The van der Waals surface area contributed by atoms with Crippen molar-refractivity contribution in [2.24, 2.45) is 0 Å². The number of amides is 5. The average molecular weight is 466 g/mol. The predicted molar refractivity (Wildman–Crippen MR) is 117 cm³/mol. The average Bonchev–Trinajstić information content (AvgIpc) is 3.14. The highest BCUT2D eigenvalue weighted by molar-refractivity contribution is 6.06. The Labute approximate surface area is 195 Å². The number of aromatic nitrogens is 1. The van der Waals surface area contributed by atoms with Crippen LogP contribution in [0.15, 0.2) is 42.7 Å². The number of rotatable bonds is 5. The molecule has 2 aromatic rings. The molecule has 2 aliphatic rings. The minimum atomic E-state index is -0.744. The number of carbonyl (C=O) groups is 5. The van der Waals surface area contributed by atoms with Crippen LogP contribution in [0.5, 0.6) is 0 Å². The fourth-order valence-corrected chi connectivity index (χ4v) is 3.97. The molecule has 1 unspecified atom stereocenters. The van der Waals surface area contributed by atoms with Gasteiger partial charge in [0.2, 0.25) is 11.8 Å². The number of fused-ring (bicyclic) bond motifs is 1. The molecule has 11 heteroatoms. The summed E-state index contributed by atoms with van der Waals surface area (Å²) in [5.41, 5.74) is 1.80. The van der Waals surface area contributed by atoms with Gasteiger partial charge in [-0.05, 0) is 24.6 Å². The minimum absolute atomic E-state index is 0.125. The largest absolute Gasteiger partial charge is 0.416 e. The molecule has 5 amide bonds. The number of benzene rings is 1. The molecule has 3 heterocycles. The van der Waals surface area contributed by atoms with Crippen LogP contribution in [0, 0.1) is 0 Å². The lowest BCUT2D eigenvalue weighted by Gasteiger charge is -2.29. The van der Waals surface area contributed by atoms with Gasteiger partial charge in [0.25, 0.3) is 18.5 Å². The summed E-state index contributed by atoms with van der Waals surface area (Å²) < 4.78 is 6.83. The number of carbonyl (C=O) groups excluding carboxylic acids is 5. The smallest absolute Gasteiger partial charge is 0.388 e. The van der Waals surface area contributed by atoms with E-state index in [0.29, 0.717) is 22.4 Å². The Bertz CT molecular complexity index is 1190. The maximum Gasteiger partial charge on any atom is 0.416 e. The molecule has 0 saturated carbocycles. The van der Waals surface area contributed by atoms with Crippen molar-refractivity contribution in [3.8, 4) is 0 Å². The van der Waals surface area contributed by atoms with Gasteiger partial charge in [-0.15, -0.1) is 0 Å². The van der Waals surface area contributed by atoms with Crippen LogP contribution in [0.3, 0.4) is 0 Å². The Morgan fingerprint density at radius 3 is 2.74 bits per heavy atom. The summed E-state index contributed by atoms with van der Waals surface area (Å²) in [5.74, 6) is -1.37. The first-order valence-electron chi connectivity index (χ1n) is 10.7. The standard InChI is InChI=1S/C23H23N5O6/c1-26(2)21(31)14-5-4-10-27(11-14)13-34-23(33)24-17-7-3-6-15-16(17)12-28(22(15)32)18-8-9-19(29)25-20(18)30/h3-7,10-11,18H,8-9,12-13H2,1-2H3,(H-,24,25,29,30,33)/p+1. The molecule has 34 heavy (non-hydrogen) atoms. The zero-order valence-corrected chi connectivity index (χ0v) is 18.7. The number of imide groups is 1. The Kier molecular flexibility index (Phi) is 6.26. The molecular weight excluding hydrogens is 442 g/mol. The summed E-state index contributed by atoms with van der Waals surface area (Å²) in [4.78, 5) is 64.0. The van der Waals surface area contributed by atoms with E-state index < -0.39 is 18.0 Å². The van der Waals surface area contributed by atoms with Crippen molar-refractivity contribution >= 4 is 35.4 Å². The van der Waals surface area contributed by atoms with Crippen molar-refractivity contribution in [2.75, 3.05) is 19.4 Å². The molecule has 0 aliphatic carbocycles. The summed E-state index contributed by atoms with van der Waals surface area (Å²) in [6, 6.07) is 7.50. The third kappa shape index (κ3) is 4.58. The summed E-state index contributed by atoms with van der Waals surface area (Å²) >= 11 is 0. The van der Waals surface area contributed by atoms with Gasteiger partial charge in [-0.3, -0.25) is 29.8 Å². The molecular formula is C23H24N5O6+. The molecule has 0 bridgehead atoms. The zero-order chi connectivity index (χ0) is 24.4. The van der Waals surface area contributed by atoms with Crippen LogP contribution < -0.4 is 15.2 Å². The number of piperidine rings is 1. The highest BCUT2D eigenvalue weighted by atomic mass is 16.6. The number of anilines is 1. The maximum atomic E-state index is 12.9. The Hall–Kier alpha value is -4.28. The number of hydrogen-bond donors (Lipinski definition) is 2. The summed E-state index contributed by atoms with van der Waals surface area (Å²) in [6.45, 7) is -0.00290. The van der Waals surface area contributed by atoms with Crippen molar-refractivity contribution in [3.63, 3.8) is 0 Å². The van der Waals surface area contributed by atoms with Gasteiger partial charge < -0.3 is 14.5 Å². The molecule has 0 spiro atoms. The van der Waals surface area contributed by atoms with Gasteiger partial charge in [-0.2, -0.15) is 4.57 Å². The van der Waals surface area contributed by atoms with Crippen molar-refractivity contribution in [3.05, 3.63) is 59.4 Å². The number of hydrogen-bond acceptors (Lipinski definition) is 6. The maximum absolute atomic E-state index is 12.9. The van der Waals surface area contributed by atoms with Gasteiger partial charge in [0.1, 0.15) is 11.6 Å². The van der Waals surface area contributed by atoms with E-state index in [1.807, 2.05) is 0 Å². The molecule has 1 aromatic carbocycles. The topological polar surface area (TPSA) is 129 Å². The Morgan fingerprint density at radius 2 is 2.00 bits per heavy atom. The third-order valence-electron chi connectivity index (χ3n) is 5.67. The van der Waals surface area contributed by atoms with E-state index in [-0.39, 0.29) is 43.8 Å². The molecule has 1 aromatic heterocycles. The van der Waals surface area contributed by atoms with Crippen LogP contribution in [-0.4, -0.2) is 59.7 Å². The highest BCUT2D eigenvalue weighted by Gasteiger charge is 2.40. The summed E-state index contributed by atoms with van der Waals surface area (Å²) in [7, 11) is 3.29. The molecule has 11 nitrogen and oxygen atoms in total. The van der Waals surface area contributed by atoms with E-state index in [1.54, 1.807) is 61.4 Å². The zero-order valence-electron chi connectivity index (χ0n) is 18.7. The lowest BCUT2D eigenvalue weighted by Crippen LogP contribution is -2.52. The number of pyridine rings is 1. The fourth-order valence-electron chi connectivity index (χ4n) is 3.97. The van der Waals surface area contributed by atoms with Crippen molar-refractivity contribution in [2.45, 2.75) is 32.2 Å². The van der Waals surface area contributed by atoms with Crippen LogP contribution in [0.2, 0.25) is 0 Å². The van der Waals surface area contributed by atoms with E-state index in [2.05, 4.69) is 10.6 Å². The molecule has 2 aliphatic heterocycles. The minimum Gasteiger partial charge on any atom is -0.388 e. The van der Waals surface area contributed by atoms with Crippen LogP contribution >= 0.6 is 0 Å². The third-order valence-corrected chi connectivity index (χ3v) is 5.67. The quantitative estimate of drug-likeness (QED) is 0.492. The van der Waals surface area contributed by atoms with Crippen LogP contribution in [0.4, 0.5) is 10.5 Å². The van der Waals surface area contributed by atoms with Gasteiger partial charge >= 0.3 is 6.09 Å². The van der Waals surface area contributed by atoms with Gasteiger partial charge in [-0.25, -0.2) is 4.79 Å². The normalized spacial score (nSPS) is 17.2.